The molecule has 27 heavy (non-hydrogen) atoms. The van der Waals surface area contributed by atoms with Gasteiger partial charge in [0.1, 0.15) is 16.5 Å². The summed E-state index contributed by atoms with van der Waals surface area (Å²) in [4.78, 5) is 26.1. The number of aryl methyl sites for hydroxylation is 3. The number of thiazole rings is 1. The zero-order valence-electron chi connectivity index (χ0n) is 15.3. The lowest BCUT2D eigenvalue weighted by Crippen LogP contribution is -2.11. The molecule has 0 aliphatic carbocycles. The van der Waals surface area contributed by atoms with Gasteiger partial charge in [-0.3, -0.25) is 4.79 Å². The van der Waals surface area contributed by atoms with Gasteiger partial charge in [-0.25, -0.2) is 15.0 Å². The average molecular weight is 402 g/mol. The van der Waals surface area contributed by atoms with E-state index >= 15 is 0 Å². The Morgan fingerprint density at radius 2 is 2.07 bits per heavy atom. The first kappa shape index (κ1) is 19.3. The smallest absolute Gasteiger partial charge is 0.267 e. The largest absolute Gasteiger partial charge is 0.320 e. The highest BCUT2D eigenvalue weighted by molar-refractivity contribution is 7.17. The van der Waals surface area contributed by atoms with E-state index in [1.54, 1.807) is 6.07 Å². The SMILES string of the molecule is CCCc1cc(Nc2ncc(C(=O)Nc3c(C)cccc3Cl)s2)nc(C)n1. The molecule has 6 nitrogen and oxygen atoms in total. The van der Waals surface area contributed by atoms with Gasteiger partial charge in [0.15, 0.2) is 5.13 Å². The van der Waals surface area contributed by atoms with E-state index in [2.05, 4.69) is 32.5 Å². The third-order valence-corrected chi connectivity index (χ3v) is 5.05. The summed E-state index contributed by atoms with van der Waals surface area (Å²) in [6.07, 6.45) is 3.44. The predicted molar refractivity (Wildman–Crippen MR) is 110 cm³/mol. The maximum atomic E-state index is 12.5. The monoisotopic (exact) mass is 401 g/mol. The fraction of sp³-hybridized carbons (Fsp3) is 0.263. The molecule has 140 valence electrons. The fourth-order valence-corrected chi connectivity index (χ4v) is 3.58. The quantitative estimate of drug-likeness (QED) is 0.596. The summed E-state index contributed by atoms with van der Waals surface area (Å²) < 4.78 is 0. The van der Waals surface area contributed by atoms with Gasteiger partial charge in [0.05, 0.1) is 16.9 Å². The fourth-order valence-electron chi connectivity index (χ4n) is 2.59. The Bertz CT molecular complexity index is 952. The predicted octanol–water partition coefficient (Wildman–Crippen LogP) is 5.15. The second kappa shape index (κ2) is 8.45. The molecule has 0 unspecified atom stereocenters. The van der Waals surface area contributed by atoms with Crippen LogP contribution in [0.1, 0.15) is 40.1 Å². The molecule has 0 saturated carbocycles. The van der Waals surface area contributed by atoms with Gasteiger partial charge in [-0.15, -0.1) is 0 Å². The Morgan fingerprint density at radius 1 is 1.26 bits per heavy atom. The van der Waals surface area contributed by atoms with Crippen LogP contribution in [0.4, 0.5) is 16.6 Å². The van der Waals surface area contributed by atoms with E-state index in [-0.39, 0.29) is 5.91 Å². The van der Waals surface area contributed by atoms with E-state index in [1.165, 1.54) is 17.5 Å². The van der Waals surface area contributed by atoms with Crippen molar-refractivity contribution in [1.82, 2.24) is 15.0 Å². The first-order valence-corrected chi connectivity index (χ1v) is 9.79. The van der Waals surface area contributed by atoms with E-state index in [1.807, 2.05) is 32.0 Å². The van der Waals surface area contributed by atoms with Crippen molar-refractivity contribution >= 4 is 45.5 Å². The summed E-state index contributed by atoms with van der Waals surface area (Å²) in [5.74, 6) is 1.13. The van der Waals surface area contributed by atoms with Gasteiger partial charge < -0.3 is 10.6 Å². The number of amides is 1. The molecule has 0 saturated heterocycles. The summed E-state index contributed by atoms with van der Waals surface area (Å²) in [6.45, 7) is 5.86. The molecule has 8 heteroatoms. The number of nitrogens with zero attached hydrogens (tertiary/aromatic N) is 3. The highest BCUT2D eigenvalue weighted by atomic mass is 35.5. The Kier molecular flexibility index (Phi) is 6.03. The van der Waals surface area contributed by atoms with Crippen LogP contribution in [0.2, 0.25) is 5.02 Å². The molecule has 2 aromatic heterocycles. The van der Waals surface area contributed by atoms with Crippen LogP contribution in [0.25, 0.3) is 0 Å². The molecule has 0 aliphatic heterocycles. The van der Waals surface area contributed by atoms with Crippen molar-refractivity contribution in [2.24, 2.45) is 0 Å². The molecule has 1 amide bonds. The highest BCUT2D eigenvalue weighted by Crippen LogP contribution is 2.28. The molecule has 3 aromatic rings. The number of nitrogens with one attached hydrogen (secondary N) is 2. The first-order chi connectivity index (χ1) is 13.0. The molecule has 0 atom stereocenters. The molecular formula is C19H20ClN5OS. The van der Waals surface area contributed by atoms with E-state index < -0.39 is 0 Å². The van der Waals surface area contributed by atoms with Gasteiger partial charge >= 0.3 is 0 Å². The summed E-state index contributed by atoms with van der Waals surface area (Å²) in [5, 5.41) is 7.11. The standard InChI is InChI=1S/C19H20ClN5OS/c1-4-6-13-9-16(23-12(3)22-13)24-19-21-10-15(27-19)18(26)25-17-11(2)7-5-8-14(17)20/h5,7-10H,4,6H2,1-3H3,(H,25,26)(H,21,22,23,24). The van der Waals surface area contributed by atoms with Crippen LogP contribution in [-0.4, -0.2) is 20.9 Å². The zero-order valence-corrected chi connectivity index (χ0v) is 16.9. The van der Waals surface area contributed by atoms with Crippen LogP contribution in [0, 0.1) is 13.8 Å². The lowest BCUT2D eigenvalue weighted by molar-refractivity contribution is 0.103. The Balaban J connectivity index is 1.74. The number of benzene rings is 1. The number of hydrogen-bond donors (Lipinski definition) is 2. The normalized spacial score (nSPS) is 10.7. The number of para-hydroxylation sites is 1. The van der Waals surface area contributed by atoms with Crippen molar-refractivity contribution in [3.63, 3.8) is 0 Å². The van der Waals surface area contributed by atoms with Gasteiger partial charge in [-0.05, 0) is 31.9 Å². The van der Waals surface area contributed by atoms with Gasteiger partial charge in [0, 0.05) is 11.8 Å². The van der Waals surface area contributed by atoms with Crippen molar-refractivity contribution in [1.29, 1.82) is 0 Å². The molecule has 0 spiro atoms. The molecule has 2 N–H and O–H groups in total. The minimum Gasteiger partial charge on any atom is -0.320 e. The Hall–Kier alpha value is -2.51. The third-order valence-electron chi connectivity index (χ3n) is 3.82. The van der Waals surface area contributed by atoms with Crippen LogP contribution < -0.4 is 10.6 Å². The summed E-state index contributed by atoms with van der Waals surface area (Å²) in [7, 11) is 0. The van der Waals surface area contributed by atoms with Crippen molar-refractivity contribution < 1.29 is 4.79 Å². The molecule has 0 bridgehead atoms. The van der Waals surface area contributed by atoms with E-state index in [9.17, 15) is 4.79 Å². The van der Waals surface area contributed by atoms with Crippen LogP contribution >= 0.6 is 22.9 Å². The Labute approximate surface area is 167 Å². The maximum absolute atomic E-state index is 12.5. The van der Waals surface area contributed by atoms with Gasteiger partial charge in [0.25, 0.3) is 5.91 Å². The number of halogens is 1. The van der Waals surface area contributed by atoms with Crippen LogP contribution in [0.15, 0.2) is 30.5 Å². The summed E-state index contributed by atoms with van der Waals surface area (Å²) >= 11 is 7.43. The number of hydrogen-bond acceptors (Lipinski definition) is 6. The number of rotatable bonds is 6. The first-order valence-electron chi connectivity index (χ1n) is 8.60. The van der Waals surface area contributed by atoms with Gasteiger partial charge in [-0.1, -0.05) is 48.4 Å². The molecule has 2 heterocycles. The average Bonchev–Trinajstić information content (AvgIpc) is 3.06. The molecule has 0 radical (unpaired) electrons. The van der Waals surface area contributed by atoms with E-state index in [4.69, 9.17) is 11.6 Å². The van der Waals surface area contributed by atoms with Gasteiger partial charge in [0.2, 0.25) is 0 Å². The lowest BCUT2D eigenvalue weighted by atomic mass is 10.2. The minimum absolute atomic E-state index is 0.248. The lowest BCUT2D eigenvalue weighted by Gasteiger charge is -2.08. The van der Waals surface area contributed by atoms with Crippen molar-refractivity contribution in [3.05, 3.63) is 57.4 Å². The summed E-state index contributed by atoms with van der Waals surface area (Å²) in [5.41, 5.74) is 2.50. The maximum Gasteiger partial charge on any atom is 0.267 e. The van der Waals surface area contributed by atoms with E-state index in [0.717, 1.165) is 24.1 Å². The van der Waals surface area contributed by atoms with Crippen molar-refractivity contribution in [3.8, 4) is 0 Å². The summed E-state index contributed by atoms with van der Waals surface area (Å²) in [6, 6.07) is 7.39. The van der Waals surface area contributed by atoms with E-state index in [0.29, 0.717) is 32.4 Å². The molecular weight excluding hydrogens is 382 g/mol. The molecule has 1 aromatic carbocycles. The number of carbonyl (C=O) groups is 1. The van der Waals surface area contributed by atoms with Crippen molar-refractivity contribution in [2.45, 2.75) is 33.6 Å². The molecule has 0 fully saturated rings. The topological polar surface area (TPSA) is 79.8 Å². The van der Waals surface area contributed by atoms with Gasteiger partial charge in [-0.2, -0.15) is 0 Å². The Morgan fingerprint density at radius 3 is 2.81 bits per heavy atom. The number of anilines is 3. The molecule has 3 rings (SSSR count). The number of aromatic nitrogens is 3. The van der Waals surface area contributed by atoms with Crippen LogP contribution in [-0.2, 0) is 6.42 Å². The van der Waals surface area contributed by atoms with Crippen LogP contribution in [0.3, 0.4) is 0 Å². The van der Waals surface area contributed by atoms with Crippen LogP contribution in [0.5, 0.6) is 0 Å². The second-order valence-electron chi connectivity index (χ2n) is 6.08. The minimum atomic E-state index is -0.248. The highest BCUT2D eigenvalue weighted by Gasteiger charge is 2.14. The third kappa shape index (κ3) is 4.81. The molecule has 0 aliphatic rings. The number of carbonyl (C=O) groups excluding carboxylic acids is 1. The van der Waals surface area contributed by atoms with Crippen molar-refractivity contribution in [2.75, 3.05) is 10.6 Å². The second-order valence-corrected chi connectivity index (χ2v) is 7.52. The zero-order chi connectivity index (χ0) is 19.4.